The number of alkyl halides is 3. The van der Waals surface area contributed by atoms with E-state index in [1.54, 1.807) is 0 Å². The quantitative estimate of drug-likeness (QED) is 0.828. The molecule has 0 radical (unpaired) electrons. The second-order valence-electron chi connectivity index (χ2n) is 4.57. The molecule has 0 aliphatic carbocycles. The molecule has 20 heavy (non-hydrogen) atoms. The van der Waals surface area contributed by atoms with Crippen LogP contribution in [0, 0.1) is 0 Å². The minimum atomic E-state index is -4.72. The number of benzene rings is 1. The molecule has 0 spiro atoms. The van der Waals surface area contributed by atoms with E-state index < -0.39 is 35.7 Å². The lowest BCUT2D eigenvalue weighted by molar-refractivity contribution is -0.0679. The molecule has 1 heterocycles. The average molecular weight is 288 g/mol. The van der Waals surface area contributed by atoms with Gasteiger partial charge >= 0.3 is 6.18 Å². The second-order valence-corrected chi connectivity index (χ2v) is 4.57. The van der Waals surface area contributed by atoms with Gasteiger partial charge in [-0.25, -0.2) is 0 Å². The summed E-state index contributed by atoms with van der Waals surface area (Å²) in [5, 5.41) is 22.9. The first-order valence-corrected chi connectivity index (χ1v) is 5.62. The van der Waals surface area contributed by atoms with Crippen LogP contribution in [-0.4, -0.2) is 38.7 Å². The minimum absolute atomic E-state index is 0.236. The molecule has 5 nitrogen and oxygen atoms in total. The zero-order chi connectivity index (χ0) is 15.1. The maximum absolute atomic E-state index is 12.6. The summed E-state index contributed by atoms with van der Waals surface area (Å²) in [4.78, 5) is 12.1. The highest BCUT2D eigenvalue weighted by Gasteiger charge is 2.49. The van der Waals surface area contributed by atoms with Gasteiger partial charge in [0, 0.05) is 6.42 Å². The number of nitrogens with zero attached hydrogens (tertiary/aromatic N) is 2. The van der Waals surface area contributed by atoms with Crippen LogP contribution >= 0.6 is 0 Å². The lowest BCUT2D eigenvalue weighted by Crippen LogP contribution is -2.43. The van der Waals surface area contributed by atoms with Crippen molar-refractivity contribution in [3.05, 3.63) is 29.8 Å². The third-order valence-corrected chi connectivity index (χ3v) is 2.83. The molecule has 1 amide bonds. The Hall–Kier alpha value is -2.09. The van der Waals surface area contributed by atoms with Gasteiger partial charge in [0.05, 0.1) is 5.56 Å². The lowest BCUT2D eigenvalue weighted by Gasteiger charge is -2.27. The van der Waals surface area contributed by atoms with E-state index in [1.807, 2.05) is 0 Å². The molecule has 1 atom stereocenters. The number of amides is 1. The zero-order valence-electron chi connectivity index (χ0n) is 10.3. The maximum atomic E-state index is 12.6. The summed E-state index contributed by atoms with van der Waals surface area (Å²) in [6.45, 7) is 1.05. The maximum Gasteiger partial charge on any atom is 0.431 e. The fourth-order valence-corrected chi connectivity index (χ4v) is 1.85. The topological polar surface area (TPSA) is 73.1 Å². The van der Waals surface area contributed by atoms with Crippen LogP contribution in [0.3, 0.4) is 0 Å². The van der Waals surface area contributed by atoms with E-state index in [0.29, 0.717) is 5.01 Å². The second kappa shape index (κ2) is 4.48. The number of hydrazone groups is 1. The highest BCUT2D eigenvalue weighted by molar-refractivity contribution is 6.01. The zero-order valence-corrected chi connectivity index (χ0v) is 10.3. The van der Waals surface area contributed by atoms with Crippen LogP contribution in [0.25, 0.3) is 0 Å². The number of aliphatic hydroxyl groups is 1. The Labute approximate surface area is 111 Å². The van der Waals surface area contributed by atoms with Crippen molar-refractivity contribution in [3.63, 3.8) is 0 Å². The largest absolute Gasteiger partial charge is 0.507 e. The van der Waals surface area contributed by atoms with E-state index in [1.165, 1.54) is 24.3 Å². The number of hydrogen-bond donors (Lipinski definition) is 2. The van der Waals surface area contributed by atoms with Gasteiger partial charge in [0.15, 0.2) is 5.72 Å². The summed E-state index contributed by atoms with van der Waals surface area (Å²) in [6, 6.07) is 5.34. The molecule has 0 saturated heterocycles. The summed E-state index contributed by atoms with van der Waals surface area (Å²) in [5.74, 6) is -1.41. The fraction of sp³-hybridized carbons (Fsp3) is 0.333. The van der Waals surface area contributed by atoms with E-state index in [9.17, 15) is 28.2 Å². The molecule has 2 rings (SSSR count). The van der Waals surface area contributed by atoms with Gasteiger partial charge in [-0.3, -0.25) is 4.79 Å². The number of carbonyl (C=O) groups is 1. The molecule has 0 fully saturated rings. The Morgan fingerprint density at radius 2 is 2.00 bits per heavy atom. The van der Waals surface area contributed by atoms with Crippen LogP contribution in [0.1, 0.15) is 23.7 Å². The van der Waals surface area contributed by atoms with Crippen LogP contribution in [0.4, 0.5) is 13.2 Å². The highest BCUT2D eigenvalue weighted by atomic mass is 19.4. The minimum Gasteiger partial charge on any atom is -0.507 e. The number of rotatable bonds is 1. The number of carbonyl (C=O) groups excluding carboxylic acids is 1. The Kier molecular flexibility index (Phi) is 3.21. The van der Waals surface area contributed by atoms with Crippen molar-refractivity contribution in [2.75, 3.05) is 0 Å². The van der Waals surface area contributed by atoms with Crippen molar-refractivity contribution in [3.8, 4) is 5.75 Å². The molecule has 0 aromatic heterocycles. The highest BCUT2D eigenvalue weighted by Crippen LogP contribution is 2.34. The molecule has 2 N–H and O–H groups in total. The summed E-state index contributed by atoms with van der Waals surface area (Å²) in [7, 11) is 0. The molecule has 0 unspecified atom stereocenters. The van der Waals surface area contributed by atoms with Gasteiger partial charge < -0.3 is 10.2 Å². The number of halogens is 3. The van der Waals surface area contributed by atoms with Gasteiger partial charge in [-0.15, -0.1) is 0 Å². The molecule has 8 heteroatoms. The van der Waals surface area contributed by atoms with E-state index in [2.05, 4.69) is 5.10 Å². The smallest absolute Gasteiger partial charge is 0.431 e. The molecule has 1 aromatic carbocycles. The Morgan fingerprint density at radius 3 is 2.50 bits per heavy atom. The van der Waals surface area contributed by atoms with Crippen LogP contribution in [0.2, 0.25) is 0 Å². The van der Waals surface area contributed by atoms with Crippen molar-refractivity contribution in [2.45, 2.75) is 25.2 Å². The van der Waals surface area contributed by atoms with E-state index in [-0.39, 0.29) is 5.56 Å². The normalized spacial score (nSPS) is 22.9. The molecular weight excluding hydrogens is 277 g/mol. The van der Waals surface area contributed by atoms with Crippen molar-refractivity contribution >= 4 is 11.6 Å². The first-order chi connectivity index (χ1) is 9.13. The third kappa shape index (κ3) is 2.46. The summed E-state index contributed by atoms with van der Waals surface area (Å²) in [5.41, 5.74) is -3.57. The number of phenolic OH excluding ortho intramolecular Hbond substituents is 1. The monoisotopic (exact) mass is 288 g/mol. The van der Waals surface area contributed by atoms with Crippen LogP contribution in [-0.2, 0) is 0 Å². The molecule has 108 valence electrons. The van der Waals surface area contributed by atoms with Gasteiger partial charge in [-0.2, -0.15) is 23.3 Å². The summed E-state index contributed by atoms with van der Waals surface area (Å²) < 4.78 is 37.8. The van der Waals surface area contributed by atoms with Gasteiger partial charge in [0.25, 0.3) is 5.91 Å². The fourth-order valence-electron chi connectivity index (χ4n) is 1.85. The Bertz CT molecular complexity index is 582. The van der Waals surface area contributed by atoms with Crippen LogP contribution < -0.4 is 0 Å². The first kappa shape index (κ1) is 14.3. The predicted octanol–water partition coefficient (Wildman–Crippen LogP) is 1.86. The van der Waals surface area contributed by atoms with Gasteiger partial charge in [-0.05, 0) is 19.1 Å². The molecule has 0 bridgehead atoms. The van der Waals surface area contributed by atoms with Crippen molar-refractivity contribution in [1.82, 2.24) is 5.01 Å². The molecule has 0 saturated carbocycles. The number of para-hydroxylation sites is 1. The Morgan fingerprint density at radius 1 is 1.40 bits per heavy atom. The van der Waals surface area contributed by atoms with Gasteiger partial charge in [-0.1, -0.05) is 12.1 Å². The standard InChI is InChI=1S/C12H11F3N2O3/c1-11(20)6-9(12(13,14)15)16-17(11)10(19)7-4-2-3-5-8(7)18/h2-5,18,20H,6H2,1H3/t11-/m1/s1. The number of aromatic hydroxyl groups is 1. The van der Waals surface area contributed by atoms with Gasteiger partial charge in [0.2, 0.25) is 0 Å². The summed E-state index contributed by atoms with van der Waals surface area (Å²) in [6.07, 6.45) is -5.55. The van der Waals surface area contributed by atoms with Crippen molar-refractivity contribution in [1.29, 1.82) is 0 Å². The molecule has 1 aromatic rings. The van der Waals surface area contributed by atoms with E-state index in [4.69, 9.17) is 0 Å². The third-order valence-electron chi connectivity index (χ3n) is 2.83. The average Bonchev–Trinajstić information content (AvgIpc) is 2.64. The van der Waals surface area contributed by atoms with E-state index >= 15 is 0 Å². The van der Waals surface area contributed by atoms with Gasteiger partial charge in [0.1, 0.15) is 11.5 Å². The number of hydrogen-bond acceptors (Lipinski definition) is 4. The Balaban J connectivity index is 2.39. The molecule has 1 aliphatic heterocycles. The predicted molar refractivity (Wildman–Crippen MR) is 63.0 cm³/mol. The van der Waals surface area contributed by atoms with Crippen LogP contribution in [0.5, 0.6) is 5.75 Å². The first-order valence-electron chi connectivity index (χ1n) is 5.62. The SMILES string of the molecule is C[C@@]1(O)CC(C(F)(F)F)=NN1C(=O)c1ccccc1O. The van der Waals surface area contributed by atoms with Crippen LogP contribution in [0.15, 0.2) is 29.4 Å². The number of phenols is 1. The van der Waals surface area contributed by atoms with Crippen molar-refractivity contribution < 1.29 is 28.2 Å². The van der Waals surface area contributed by atoms with Crippen molar-refractivity contribution in [2.24, 2.45) is 5.10 Å². The molecule has 1 aliphatic rings. The lowest BCUT2D eigenvalue weighted by atomic mass is 10.1. The summed E-state index contributed by atoms with van der Waals surface area (Å²) >= 11 is 0. The molecular formula is C12H11F3N2O3. The van der Waals surface area contributed by atoms with E-state index in [0.717, 1.165) is 6.92 Å².